The fourth-order valence-corrected chi connectivity index (χ4v) is 21.8. The third-order valence-electron chi connectivity index (χ3n) is 23.4. The van der Waals surface area contributed by atoms with E-state index in [4.69, 9.17) is 19.4 Å². The lowest BCUT2D eigenvalue weighted by atomic mass is 9.70. The van der Waals surface area contributed by atoms with E-state index in [1.54, 1.807) is 24.3 Å². The van der Waals surface area contributed by atoms with Gasteiger partial charge in [-0.15, -0.1) is 0 Å². The van der Waals surface area contributed by atoms with Crippen LogP contribution in [0.25, 0.3) is 166 Å². The van der Waals surface area contributed by atoms with Gasteiger partial charge in [0, 0.05) is 44.2 Å². The number of benzene rings is 17. The van der Waals surface area contributed by atoms with Crippen LogP contribution < -0.4 is 8.61 Å². The molecule has 1 spiro atoms. The maximum atomic E-state index is 15.6. The molecule has 0 saturated heterocycles. The average Bonchev–Trinajstić information content (AvgIpc) is 1.51. The first-order chi connectivity index (χ1) is 55.0. The molecule has 0 atom stereocenters. The van der Waals surface area contributed by atoms with Gasteiger partial charge in [0.2, 0.25) is 5.95 Å². The number of para-hydroxylation sites is 1. The third-order valence-corrected chi connectivity index (χ3v) is 27.0. The third kappa shape index (κ3) is 9.21. The molecule has 2 aromatic heterocycles. The zero-order chi connectivity index (χ0) is 74.3. The highest BCUT2D eigenvalue weighted by atomic mass is 32.2. The molecule has 17 aromatic carbocycles. The lowest BCUT2D eigenvalue weighted by Gasteiger charge is -2.32. The van der Waals surface area contributed by atoms with Crippen LogP contribution in [0.2, 0.25) is 0 Å². The minimum Gasteiger partial charge on any atom is -0.456 e. The Balaban J connectivity index is 0.613. The van der Waals surface area contributed by atoms with Crippen LogP contribution in [-0.4, -0.2) is 31.8 Å². The Kier molecular flexibility index (Phi) is 13.6. The maximum absolute atomic E-state index is 15.6. The van der Waals surface area contributed by atoms with E-state index in [1.807, 2.05) is 133 Å². The molecule has 4 heterocycles. The summed E-state index contributed by atoms with van der Waals surface area (Å²) in [4.78, 5) is 15.8. The highest BCUT2D eigenvalue weighted by Crippen LogP contribution is 2.64. The van der Waals surface area contributed by atoms with E-state index in [-0.39, 0.29) is 15.7 Å². The minimum atomic E-state index is -4.33. The van der Waals surface area contributed by atoms with Crippen molar-refractivity contribution in [1.82, 2.24) is 15.0 Å². The first kappa shape index (κ1) is 63.9. The zero-order valence-corrected chi connectivity index (χ0v) is 61.3. The molecule has 0 saturated carbocycles. The molecule has 0 fully saturated rings. The van der Waals surface area contributed by atoms with Crippen molar-refractivity contribution in [3.63, 3.8) is 0 Å². The molecule has 112 heavy (non-hydrogen) atoms. The molecular formula is C100H59N5O5S2. The molecule has 19 aromatic rings. The lowest BCUT2D eigenvalue weighted by molar-refractivity contribution is 0.593. The molecule has 0 bridgehead atoms. The Morgan fingerprint density at radius 2 is 0.661 bits per heavy atom. The van der Waals surface area contributed by atoms with Crippen molar-refractivity contribution in [1.29, 1.82) is 0 Å². The van der Waals surface area contributed by atoms with Crippen molar-refractivity contribution >= 4 is 97.3 Å². The SMILES string of the molecule is O=S1(=O)c2ccccc2-c2cc(-c3cccc4oc5ccc(-c6ccc7c8ccccc8c8ccc(-c9ccc(-c%10nc(-c%11ccccc%11)nc(N%11c%12ccc(-c%13ccc%14c(c%13)C%13(c%15ccccc%15-c%15ccccc%15%13)c%13ccccc%13-%14)cc%12-c%12ccccc%12S%11(=O)=O)n%10)cc9)cc8c7c6)cc5c34)ccc2N1c1ccccc1. The van der Waals surface area contributed by atoms with Crippen molar-refractivity contribution in [3.8, 4) is 112 Å². The normalized spacial score (nSPS) is 14.2. The molecule has 10 nitrogen and oxygen atoms in total. The number of fused-ring (bicyclic) bond motifs is 25. The van der Waals surface area contributed by atoms with Gasteiger partial charge >= 0.3 is 0 Å². The van der Waals surface area contributed by atoms with Gasteiger partial charge in [-0.25, -0.2) is 30.4 Å². The van der Waals surface area contributed by atoms with Crippen LogP contribution in [0.3, 0.4) is 0 Å². The monoisotopic (exact) mass is 1470 g/mol. The average molecular weight is 1470 g/mol. The predicted molar refractivity (Wildman–Crippen MR) is 451 cm³/mol. The molecule has 0 radical (unpaired) electrons. The quantitative estimate of drug-likeness (QED) is 0.138. The summed E-state index contributed by atoms with van der Waals surface area (Å²) >= 11 is 0. The largest absolute Gasteiger partial charge is 0.456 e. The molecule has 23 rings (SSSR count). The first-order valence-corrected chi connectivity index (χ1v) is 40.2. The highest BCUT2D eigenvalue weighted by molar-refractivity contribution is 7.93. The molecule has 0 N–H and O–H groups in total. The second-order valence-electron chi connectivity index (χ2n) is 29.3. The molecule has 4 aliphatic rings. The summed E-state index contributed by atoms with van der Waals surface area (Å²) in [5.74, 6) is 0.609. The second-order valence-corrected chi connectivity index (χ2v) is 32.8. The summed E-state index contributed by atoms with van der Waals surface area (Å²) in [7, 11) is -8.25. The number of anilines is 4. The summed E-state index contributed by atoms with van der Waals surface area (Å²) in [6.07, 6.45) is 0. The van der Waals surface area contributed by atoms with Gasteiger partial charge in [0.25, 0.3) is 20.0 Å². The lowest BCUT2D eigenvalue weighted by Crippen LogP contribution is -2.32. The van der Waals surface area contributed by atoms with Crippen molar-refractivity contribution in [2.45, 2.75) is 15.2 Å². The summed E-state index contributed by atoms with van der Waals surface area (Å²) in [5, 5.41) is 8.70. The number of nitrogens with zero attached hydrogens (tertiary/aromatic N) is 5. The van der Waals surface area contributed by atoms with Gasteiger partial charge in [-0.1, -0.05) is 273 Å². The van der Waals surface area contributed by atoms with Crippen LogP contribution in [0.1, 0.15) is 22.3 Å². The van der Waals surface area contributed by atoms with Gasteiger partial charge in [0.15, 0.2) is 11.6 Å². The fourth-order valence-electron chi connectivity index (χ4n) is 18.5. The van der Waals surface area contributed by atoms with Gasteiger partial charge in [-0.05, 0) is 206 Å². The van der Waals surface area contributed by atoms with E-state index in [9.17, 15) is 8.42 Å². The number of rotatable bonds is 8. The number of hydrogen-bond donors (Lipinski definition) is 0. The number of furan rings is 1. The highest BCUT2D eigenvalue weighted by Gasteiger charge is 2.52. The van der Waals surface area contributed by atoms with E-state index in [2.05, 4.69) is 200 Å². The Morgan fingerprint density at radius 3 is 1.28 bits per heavy atom. The van der Waals surface area contributed by atoms with Crippen LogP contribution in [0.15, 0.2) is 372 Å². The molecule has 2 aliphatic carbocycles. The standard InChI is InChI=1S/C100H59N5O5S2/c106-111(107)94-36-17-12-30-80(94)84-58-68(46-52-90(84)104(111)69-22-5-2-6-23-69)70-31-19-35-93-96(70)85-57-66(47-53-92(85)110-93)64-43-49-74-72-25-8-7-24-71(72)73-48-42-63(54-81(73)82(74)55-64)60-38-40-62(41-39-60)98-101-97(61-20-3-1-4-21-61)102-99(103-98)105-91-51-45-65(56-83(91)79-29-13-18-37-95(79)112(105,108)109)67-44-50-78-77-28-11-16-34-88(77)100(89(78)59-67)86-32-14-9-26-75(86)76-27-10-15-33-87(76)100/h1-59H. The van der Waals surface area contributed by atoms with Crippen molar-refractivity contribution in [2.24, 2.45) is 0 Å². The maximum Gasteiger partial charge on any atom is 0.271 e. The Morgan fingerprint density at radius 1 is 0.250 bits per heavy atom. The molecular weight excluding hydrogens is 1420 g/mol. The van der Waals surface area contributed by atoms with Gasteiger partial charge in [0.05, 0.1) is 32.3 Å². The summed E-state index contributed by atoms with van der Waals surface area (Å²) < 4.78 is 69.4. The summed E-state index contributed by atoms with van der Waals surface area (Å²) in [6, 6.07) is 121. The van der Waals surface area contributed by atoms with E-state index in [0.717, 1.165) is 110 Å². The number of aromatic nitrogens is 3. The van der Waals surface area contributed by atoms with Gasteiger partial charge in [-0.3, -0.25) is 0 Å². The summed E-state index contributed by atoms with van der Waals surface area (Å²) in [5.41, 5.74) is 24.5. The van der Waals surface area contributed by atoms with Gasteiger partial charge in [0.1, 0.15) is 11.2 Å². The number of hydrogen-bond acceptors (Lipinski definition) is 8. The van der Waals surface area contributed by atoms with Crippen molar-refractivity contribution in [3.05, 3.63) is 380 Å². The second kappa shape index (κ2) is 23.9. The number of sulfonamides is 2. The topological polar surface area (TPSA) is 127 Å². The van der Waals surface area contributed by atoms with Crippen LogP contribution in [0.4, 0.5) is 23.0 Å². The molecule has 12 heteroatoms. The van der Waals surface area contributed by atoms with Crippen LogP contribution in [0.5, 0.6) is 0 Å². The van der Waals surface area contributed by atoms with E-state index < -0.39 is 25.5 Å². The minimum absolute atomic E-state index is 0.0288. The molecule has 526 valence electrons. The van der Waals surface area contributed by atoms with Crippen molar-refractivity contribution in [2.75, 3.05) is 8.61 Å². The van der Waals surface area contributed by atoms with E-state index in [1.165, 1.54) is 53.1 Å². The van der Waals surface area contributed by atoms with Crippen LogP contribution in [0, 0.1) is 0 Å². The van der Waals surface area contributed by atoms with Crippen molar-refractivity contribution < 1.29 is 21.3 Å². The van der Waals surface area contributed by atoms with Gasteiger partial charge in [-0.2, -0.15) is 9.97 Å². The Hall–Kier alpha value is -14.2. The van der Waals surface area contributed by atoms with Crippen LogP contribution >= 0.6 is 0 Å². The smallest absolute Gasteiger partial charge is 0.271 e. The Bertz CT molecular complexity index is 7510. The predicted octanol–water partition coefficient (Wildman–Crippen LogP) is 24.6. The molecule has 0 amide bonds. The van der Waals surface area contributed by atoms with E-state index >= 15 is 8.42 Å². The first-order valence-electron chi connectivity index (χ1n) is 37.4. The summed E-state index contributed by atoms with van der Waals surface area (Å²) in [6.45, 7) is 0. The fraction of sp³-hybridized carbons (Fsp3) is 0.0100. The van der Waals surface area contributed by atoms with E-state index in [0.29, 0.717) is 51.0 Å². The van der Waals surface area contributed by atoms with Crippen LogP contribution in [-0.2, 0) is 25.5 Å². The Labute approximate surface area is 644 Å². The molecule has 2 aliphatic heterocycles. The molecule has 0 unspecified atom stereocenters. The zero-order valence-electron chi connectivity index (χ0n) is 59.7. The van der Waals surface area contributed by atoms with Gasteiger partial charge < -0.3 is 4.42 Å².